The first-order valence-corrected chi connectivity index (χ1v) is 6.49. The highest BCUT2D eigenvalue weighted by atomic mass is 35.5. The molecular formula is C14H23ClN2O. The maximum atomic E-state index is 5.88. The number of rotatable bonds is 5. The summed E-state index contributed by atoms with van der Waals surface area (Å²) in [5, 5.41) is 0.745. The van der Waals surface area contributed by atoms with E-state index in [0.717, 1.165) is 11.4 Å². The zero-order valence-corrected chi connectivity index (χ0v) is 12.3. The summed E-state index contributed by atoms with van der Waals surface area (Å²) in [7, 11) is 1.72. The van der Waals surface area contributed by atoms with Crippen LogP contribution >= 0.6 is 11.6 Å². The van der Waals surface area contributed by atoms with Gasteiger partial charge in [0, 0.05) is 12.1 Å². The van der Waals surface area contributed by atoms with Gasteiger partial charge in [-0.05, 0) is 29.5 Å². The summed E-state index contributed by atoms with van der Waals surface area (Å²) in [6.45, 7) is 6.44. The van der Waals surface area contributed by atoms with Gasteiger partial charge in [0.1, 0.15) is 0 Å². The molecule has 1 rings (SSSR count). The molecule has 0 saturated carbocycles. The van der Waals surface area contributed by atoms with E-state index in [-0.39, 0.29) is 17.6 Å². The summed E-state index contributed by atoms with van der Waals surface area (Å²) in [5.41, 5.74) is 4.08. The molecule has 0 saturated heterocycles. The molecule has 4 heteroatoms. The molecule has 2 unspecified atom stereocenters. The van der Waals surface area contributed by atoms with Gasteiger partial charge in [-0.2, -0.15) is 0 Å². The van der Waals surface area contributed by atoms with Gasteiger partial charge in [-0.3, -0.25) is 11.3 Å². The Bertz CT molecular complexity index is 359. The van der Waals surface area contributed by atoms with E-state index in [0.29, 0.717) is 0 Å². The Balaban J connectivity index is 2.80. The van der Waals surface area contributed by atoms with Crippen LogP contribution in [0.3, 0.4) is 0 Å². The standard InChI is InChI=1S/C14H23ClN2O/c1-14(2,3)13(18-4)12(17-16)9-10-5-7-11(15)8-6-10/h5-8,12-13,17H,9,16H2,1-4H3. The second-order valence-corrected chi connectivity index (χ2v) is 6.06. The van der Waals surface area contributed by atoms with Gasteiger partial charge in [0.2, 0.25) is 0 Å². The number of hydrogen-bond donors (Lipinski definition) is 2. The van der Waals surface area contributed by atoms with Gasteiger partial charge in [-0.15, -0.1) is 0 Å². The summed E-state index contributed by atoms with van der Waals surface area (Å²) < 4.78 is 5.60. The number of hydrogen-bond acceptors (Lipinski definition) is 3. The van der Waals surface area contributed by atoms with E-state index in [1.807, 2.05) is 24.3 Å². The maximum absolute atomic E-state index is 5.88. The van der Waals surface area contributed by atoms with Crippen molar-refractivity contribution < 1.29 is 4.74 Å². The molecule has 1 aromatic carbocycles. The summed E-state index contributed by atoms with van der Waals surface area (Å²) in [6.07, 6.45) is 0.849. The normalized spacial score (nSPS) is 15.4. The lowest BCUT2D eigenvalue weighted by molar-refractivity contribution is -0.0110. The highest BCUT2D eigenvalue weighted by molar-refractivity contribution is 6.30. The van der Waals surface area contributed by atoms with Gasteiger partial charge in [0.25, 0.3) is 0 Å². The molecular weight excluding hydrogens is 248 g/mol. The third-order valence-electron chi connectivity index (χ3n) is 3.06. The average Bonchev–Trinajstić information content (AvgIpc) is 2.29. The van der Waals surface area contributed by atoms with Crippen LogP contribution in [0, 0.1) is 5.41 Å². The van der Waals surface area contributed by atoms with Gasteiger partial charge >= 0.3 is 0 Å². The fourth-order valence-electron chi connectivity index (χ4n) is 2.25. The third-order valence-corrected chi connectivity index (χ3v) is 3.31. The van der Waals surface area contributed by atoms with E-state index in [1.165, 1.54) is 5.56 Å². The van der Waals surface area contributed by atoms with Gasteiger partial charge < -0.3 is 4.74 Å². The van der Waals surface area contributed by atoms with Gasteiger partial charge in [0.05, 0.1) is 12.1 Å². The van der Waals surface area contributed by atoms with Crippen molar-refractivity contribution in [3.63, 3.8) is 0 Å². The molecule has 2 atom stereocenters. The lowest BCUT2D eigenvalue weighted by atomic mass is 9.82. The largest absolute Gasteiger partial charge is 0.379 e. The van der Waals surface area contributed by atoms with Crippen molar-refractivity contribution >= 4 is 11.6 Å². The third kappa shape index (κ3) is 4.25. The van der Waals surface area contributed by atoms with Crippen molar-refractivity contribution in [1.29, 1.82) is 0 Å². The van der Waals surface area contributed by atoms with Crippen molar-refractivity contribution in [2.24, 2.45) is 11.3 Å². The quantitative estimate of drug-likeness (QED) is 0.639. The zero-order valence-electron chi connectivity index (χ0n) is 11.5. The molecule has 0 heterocycles. The minimum Gasteiger partial charge on any atom is -0.379 e. The number of methoxy groups -OCH3 is 1. The van der Waals surface area contributed by atoms with Crippen LogP contribution in [0.5, 0.6) is 0 Å². The van der Waals surface area contributed by atoms with Crippen LogP contribution in [0.15, 0.2) is 24.3 Å². The molecule has 0 fully saturated rings. The smallest absolute Gasteiger partial charge is 0.0789 e. The first kappa shape index (κ1) is 15.4. The molecule has 0 amide bonds. The summed E-state index contributed by atoms with van der Waals surface area (Å²) in [6, 6.07) is 7.88. The molecule has 0 bridgehead atoms. The molecule has 0 aliphatic rings. The lowest BCUT2D eigenvalue weighted by Gasteiger charge is -2.35. The van der Waals surface area contributed by atoms with Crippen LogP contribution in [0.1, 0.15) is 26.3 Å². The minimum atomic E-state index is 0.0260. The Morgan fingerprint density at radius 2 is 1.83 bits per heavy atom. The predicted octanol–water partition coefficient (Wildman–Crippen LogP) is 2.78. The molecule has 3 N–H and O–H groups in total. The lowest BCUT2D eigenvalue weighted by Crippen LogP contribution is -2.51. The Morgan fingerprint density at radius 3 is 2.22 bits per heavy atom. The van der Waals surface area contributed by atoms with Crippen molar-refractivity contribution in [2.45, 2.75) is 39.3 Å². The van der Waals surface area contributed by atoms with Gasteiger partial charge in [0.15, 0.2) is 0 Å². The summed E-state index contributed by atoms with van der Waals surface area (Å²) in [4.78, 5) is 0. The van der Waals surface area contributed by atoms with Crippen LogP contribution < -0.4 is 11.3 Å². The molecule has 0 aliphatic carbocycles. The zero-order chi connectivity index (χ0) is 13.8. The monoisotopic (exact) mass is 270 g/mol. The second-order valence-electron chi connectivity index (χ2n) is 5.63. The molecule has 0 spiro atoms. The Hall–Kier alpha value is -0.610. The topological polar surface area (TPSA) is 47.3 Å². The van der Waals surface area contributed by atoms with E-state index in [4.69, 9.17) is 22.2 Å². The Morgan fingerprint density at radius 1 is 1.28 bits per heavy atom. The number of benzene rings is 1. The van der Waals surface area contributed by atoms with Crippen molar-refractivity contribution in [3.05, 3.63) is 34.9 Å². The fourth-order valence-corrected chi connectivity index (χ4v) is 2.38. The van der Waals surface area contributed by atoms with Crippen molar-refractivity contribution in [2.75, 3.05) is 7.11 Å². The summed E-state index contributed by atoms with van der Waals surface area (Å²) in [5.74, 6) is 5.67. The Labute approximate surface area is 115 Å². The molecule has 1 aromatic rings. The highest BCUT2D eigenvalue weighted by Gasteiger charge is 2.31. The number of nitrogens with two attached hydrogens (primary N) is 1. The van der Waals surface area contributed by atoms with Crippen LogP contribution in [0.4, 0.5) is 0 Å². The summed E-state index contributed by atoms with van der Waals surface area (Å²) >= 11 is 5.88. The number of hydrazine groups is 1. The van der Waals surface area contributed by atoms with E-state index in [1.54, 1.807) is 7.11 Å². The van der Waals surface area contributed by atoms with Crippen LogP contribution in [-0.4, -0.2) is 19.3 Å². The van der Waals surface area contributed by atoms with Gasteiger partial charge in [-0.1, -0.05) is 44.5 Å². The van der Waals surface area contributed by atoms with Crippen molar-refractivity contribution in [1.82, 2.24) is 5.43 Å². The highest BCUT2D eigenvalue weighted by Crippen LogP contribution is 2.26. The minimum absolute atomic E-state index is 0.0260. The van der Waals surface area contributed by atoms with Crippen LogP contribution in [0.25, 0.3) is 0 Å². The van der Waals surface area contributed by atoms with E-state index < -0.39 is 0 Å². The van der Waals surface area contributed by atoms with E-state index >= 15 is 0 Å². The number of ether oxygens (including phenoxy) is 1. The SMILES string of the molecule is COC(C(Cc1ccc(Cl)cc1)NN)C(C)(C)C. The molecule has 0 aliphatic heterocycles. The van der Waals surface area contributed by atoms with Crippen LogP contribution in [0.2, 0.25) is 5.02 Å². The number of nitrogens with one attached hydrogen (secondary N) is 1. The van der Waals surface area contributed by atoms with Crippen LogP contribution in [-0.2, 0) is 11.2 Å². The molecule has 3 nitrogen and oxygen atoms in total. The molecule has 102 valence electrons. The first-order valence-electron chi connectivity index (χ1n) is 6.12. The van der Waals surface area contributed by atoms with E-state index in [9.17, 15) is 0 Å². The molecule has 18 heavy (non-hydrogen) atoms. The second kappa shape index (κ2) is 6.53. The average molecular weight is 271 g/mol. The molecule has 0 radical (unpaired) electrons. The van der Waals surface area contributed by atoms with Crippen molar-refractivity contribution in [3.8, 4) is 0 Å². The van der Waals surface area contributed by atoms with Gasteiger partial charge in [-0.25, -0.2) is 0 Å². The van der Waals surface area contributed by atoms with E-state index in [2.05, 4.69) is 26.2 Å². The predicted molar refractivity (Wildman–Crippen MR) is 76.5 cm³/mol. The maximum Gasteiger partial charge on any atom is 0.0789 e. The number of halogens is 1. The Kier molecular flexibility index (Phi) is 5.60. The molecule has 0 aromatic heterocycles. The first-order chi connectivity index (χ1) is 8.38. The fraction of sp³-hybridized carbons (Fsp3) is 0.571.